The van der Waals surface area contributed by atoms with Crippen LogP contribution in [0.3, 0.4) is 0 Å². The molecule has 0 aliphatic carbocycles. The molecule has 1 amide bonds. The van der Waals surface area contributed by atoms with E-state index in [1.807, 2.05) is 6.07 Å². The average molecular weight is 367 g/mol. The summed E-state index contributed by atoms with van der Waals surface area (Å²) < 4.78 is 1.57. The van der Waals surface area contributed by atoms with Gasteiger partial charge in [0.1, 0.15) is 5.60 Å². The van der Waals surface area contributed by atoms with Crippen molar-refractivity contribution in [2.75, 3.05) is 13.2 Å². The van der Waals surface area contributed by atoms with Crippen LogP contribution in [0.4, 0.5) is 0 Å². The van der Waals surface area contributed by atoms with Crippen LogP contribution in [0.1, 0.15) is 17.3 Å². The summed E-state index contributed by atoms with van der Waals surface area (Å²) >= 11 is 6.57. The molecule has 1 atom stereocenters. The quantitative estimate of drug-likeness (QED) is 0.759. The van der Waals surface area contributed by atoms with Crippen LogP contribution in [0.2, 0.25) is 0 Å². The van der Waals surface area contributed by atoms with E-state index in [0.29, 0.717) is 5.56 Å². The summed E-state index contributed by atoms with van der Waals surface area (Å²) in [6, 6.07) is 5.17. The Morgan fingerprint density at radius 2 is 1.88 bits per heavy atom. The molecule has 0 aliphatic rings. The van der Waals surface area contributed by atoms with Crippen molar-refractivity contribution in [3.8, 4) is 0 Å². The SMILES string of the molecule is CC(O)(CO)CNC(=O)c1cc(Br)cc(Br)c1. The minimum absolute atomic E-state index is 0.00747. The van der Waals surface area contributed by atoms with E-state index in [4.69, 9.17) is 5.11 Å². The van der Waals surface area contributed by atoms with Gasteiger partial charge in [0, 0.05) is 21.1 Å². The smallest absolute Gasteiger partial charge is 0.251 e. The fraction of sp³-hybridized carbons (Fsp3) is 0.364. The van der Waals surface area contributed by atoms with Crippen molar-refractivity contribution in [2.45, 2.75) is 12.5 Å². The number of rotatable bonds is 4. The van der Waals surface area contributed by atoms with Crippen LogP contribution in [0.25, 0.3) is 0 Å². The number of carbonyl (C=O) groups is 1. The van der Waals surface area contributed by atoms with Crippen molar-refractivity contribution in [3.63, 3.8) is 0 Å². The van der Waals surface area contributed by atoms with Gasteiger partial charge in [-0.05, 0) is 25.1 Å². The van der Waals surface area contributed by atoms with E-state index in [9.17, 15) is 9.90 Å². The lowest BCUT2D eigenvalue weighted by Crippen LogP contribution is -2.43. The fourth-order valence-corrected chi connectivity index (χ4v) is 2.41. The summed E-state index contributed by atoms with van der Waals surface area (Å²) in [5.41, 5.74) is -0.834. The predicted molar refractivity (Wildman–Crippen MR) is 71.9 cm³/mol. The lowest BCUT2D eigenvalue weighted by molar-refractivity contribution is 0.00320. The summed E-state index contributed by atoms with van der Waals surface area (Å²) in [5, 5.41) is 20.9. The third-order valence-corrected chi connectivity index (χ3v) is 3.01. The Balaban J connectivity index is 2.70. The van der Waals surface area contributed by atoms with Gasteiger partial charge in [0.2, 0.25) is 0 Å². The normalized spacial score (nSPS) is 14.2. The fourth-order valence-electron chi connectivity index (χ4n) is 1.11. The monoisotopic (exact) mass is 365 g/mol. The number of benzene rings is 1. The molecule has 0 fully saturated rings. The lowest BCUT2D eigenvalue weighted by Gasteiger charge is -2.20. The maximum Gasteiger partial charge on any atom is 0.251 e. The molecule has 6 heteroatoms. The maximum absolute atomic E-state index is 11.8. The zero-order valence-corrected chi connectivity index (χ0v) is 12.4. The van der Waals surface area contributed by atoms with Gasteiger partial charge >= 0.3 is 0 Å². The molecule has 1 unspecified atom stereocenters. The Kier molecular flexibility index (Phi) is 5.12. The highest BCUT2D eigenvalue weighted by Crippen LogP contribution is 2.20. The first-order valence-electron chi connectivity index (χ1n) is 4.91. The number of halogens is 2. The average Bonchev–Trinajstić information content (AvgIpc) is 2.24. The molecule has 1 rings (SSSR count). The molecule has 0 bridgehead atoms. The van der Waals surface area contributed by atoms with Crippen molar-refractivity contribution in [3.05, 3.63) is 32.7 Å². The largest absolute Gasteiger partial charge is 0.393 e. The summed E-state index contributed by atoms with van der Waals surface area (Å²) in [6.45, 7) is 1.03. The third kappa shape index (κ3) is 4.75. The van der Waals surface area contributed by atoms with Crippen LogP contribution in [-0.2, 0) is 0 Å². The Labute approximate surface area is 116 Å². The van der Waals surface area contributed by atoms with Gasteiger partial charge in [-0.1, -0.05) is 31.9 Å². The zero-order chi connectivity index (χ0) is 13.1. The first-order chi connectivity index (χ1) is 7.84. The highest BCUT2D eigenvalue weighted by molar-refractivity contribution is 9.11. The van der Waals surface area contributed by atoms with Crippen LogP contribution in [-0.4, -0.2) is 34.9 Å². The number of hydrogen-bond acceptors (Lipinski definition) is 3. The van der Waals surface area contributed by atoms with Gasteiger partial charge in [0.25, 0.3) is 5.91 Å². The van der Waals surface area contributed by atoms with Gasteiger partial charge < -0.3 is 15.5 Å². The van der Waals surface area contributed by atoms with Crippen LogP contribution < -0.4 is 5.32 Å². The van der Waals surface area contributed by atoms with Gasteiger partial charge in [-0.15, -0.1) is 0 Å². The number of hydrogen-bond donors (Lipinski definition) is 3. The summed E-state index contributed by atoms with van der Waals surface area (Å²) in [7, 11) is 0. The summed E-state index contributed by atoms with van der Waals surface area (Å²) in [5.74, 6) is -0.305. The first-order valence-corrected chi connectivity index (χ1v) is 6.50. The highest BCUT2D eigenvalue weighted by atomic mass is 79.9. The van der Waals surface area contributed by atoms with Crippen molar-refractivity contribution < 1.29 is 15.0 Å². The van der Waals surface area contributed by atoms with Gasteiger partial charge in [0.05, 0.1) is 6.61 Å². The van der Waals surface area contributed by atoms with Crippen LogP contribution in [0.15, 0.2) is 27.1 Å². The molecule has 0 saturated heterocycles. The maximum atomic E-state index is 11.8. The number of aliphatic hydroxyl groups excluding tert-OH is 1. The Bertz CT molecular complexity index is 401. The Morgan fingerprint density at radius 1 is 1.35 bits per heavy atom. The topological polar surface area (TPSA) is 69.6 Å². The van der Waals surface area contributed by atoms with Gasteiger partial charge in [0.15, 0.2) is 0 Å². The molecule has 0 heterocycles. The van der Waals surface area contributed by atoms with Crippen molar-refractivity contribution >= 4 is 37.8 Å². The van der Waals surface area contributed by atoms with Crippen LogP contribution >= 0.6 is 31.9 Å². The number of carbonyl (C=O) groups excluding carboxylic acids is 1. The van der Waals surface area contributed by atoms with Gasteiger partial charge in [-0.3, -0.25) is 4.79 Å². The minimum Gasteiger partial charge on any atom is -0.393 e. The van der Waals surface area contributed by atoms with Crippen LogP contribution in [0, 0.1) is 0 Å². The van der Waals surface area contributed by atoms with Crippen molar-refractivity contribution in [2.24, 2.45) is 0 Å². The summed E-state index contributed by atoms with van der Waals surface area (Å²) in [6.07, 6.45) is 0. The molecule has 0 spiro atoms. The molecule has 17 heavy (non-hydrogen) atoms. The number of amides is 1. The van der Waals surface area contributed by atoms with E-state index >= 15 is 0 Å². The van der Waals surface area contributed by atoms with Crippen molar-refractivity contribution in [1.29, 1.82) is 0 Å². The highest BCUT2D eigenvalue weighted by Gasteiger charge is 2.20. The Hall–Kier alpha value is -0.430. The molecular formula is C11H13Br2NO3. The molecule has 1 aromatic rings. The molecule has 94 valence electrons. The standard InChI is InChI=1S/C11H13Br2NO3/c1-11(17,6-15)5-14-10(16)7-2-8(12)4-9(13)3-7/h2-4,15,17H,5-6H2,1H3,(H,14,16). The van der Waals surface area contributed by atoms with E-state index in [0.717, 1.165) is 8.95 Å². The van der Waals surface area contributed by atoms with Crippen LogP contribution in [0.5, 0.6) is 0 Å². The lowest BCUT2D eigenvalue weighted by atomic mass is 10.1. The molecule has 0 aromatic heterocycles. The second-order valence-corrected chi connectivity index (χ2v) is 5.83. The predicted octanol–water partition coefficient (Wildman–Crippen LogP) is 1.68. The Morgan fingerprint density at radius 3 is 2.35 bits per heavy atom. The molecule has 0 radical (unpaired) electrons. The third-order valence-electron chi connectivity index (χ3n) is 2.10. The van der Waals surface area contributed by atoms with E-state index < -0.39 is 12.2 Å². The van der Waals surface area contributed by atoms with E-state index in [2.05, 4.69) is 37.2 Å². The molecular weight excluding hydrogens is 354 g/mol. The van der Waals surface area contributed by atoms with E-state index in [-0.39, 0.29) is 12.5 Å². The molecule has 3 N–H and O–H groups in total. The van der Waals surface area contributed by atoms with E-state index in [1.54, 1.807) is 12.1 Å². The molecule has 0 saturated carbocycles. The zero-order valence-electron chi connectivity index (χ0n) is 9.20. The first kappa shape index (κ1) is 14.6. The van der Waals surface area contributed by atoms with Crippen molar-refractivity contribution in [1.82, 2.24) is 5.32 Å². The van der Waals surface area contributed by atoms with E-state index in [1.165, 1.54) is 6.92 Å². The number of aliphatic hydroxyl groups is 2. The molecule has 4 nitrogen and oxygen atoms in total. The summed E-state index contributed by atoms with van der Waals surface area (Å²) in [4.78, 5) is 11.8. The molecule has 1 aromatic carbocycles. The molecule has 0 aliphatic heterocycles. The minimum atomic E-state index is -1.31. The second-order valence-electron chi connectivity index (χ2n) is 4.00. The number of nitrogens with one attached hydrogen (secondary N) is 1. The second kappa shape index (κ2) is 5.95. The van der Waals surface area contributed by atoms with Gasteiger partial charge in [-0.25, -0.2) is 0 Å². The van der Waals surface area contributed by atoms with Gasteiger partial charge in [-0.2, -0.15) is 0 Å².